The third-order valence-electron chi connectivity index (χ3n) is 9.73. The smallest absolute Gasteiger partial charge is 0.239 e. The normalized spacial score (nSPS) is 28.2. The zero-order valence-corrected chi connectivity index (χ0v) is 23.5. The van der Waals surface area contributed by atoms with E-state index in [1.165, 1.54) is 17.5 Å². The average molecular weight is 535 g/mol. The van der Waals surface area contributed by atoms with Gasteiger partial charge in [0.15, 0.2) is 0 Å². The molecule has 7 rings (SSSR count). The number of nitrogens with one attached hydrogen (secondary N) is 4. The van der Waals surface area contributed by atoms with Gasteiger partial charge in [0.05, 0.1) is 30.2 Å². The van der Waals surface area contributed by atoms with Gasteiger partial charge in [-0.2, -0.15) is 5.10 Å². The summed E-state index contributed by atoms with van der Waals surface area (Å²) in [4.78, 5) is 19.9. The van der Waals surface area contributed by atoms with E-state index in [1.807, 2.05) is 14.0 Å². The molecule has 1 saturated heterocycles. The minimum absolute atomic E-state index is 0.0562. The standard InChI is InChI=1S/C29H42N8O2/c1-19-14-25(21(15-30)26(31-3)33-19)36-12-4-24-22(16-36)20(2)35-37(24)18-28-5-8-29(9-6-28,10-7-28)34-27(38)23-17-39-13-11-32-23/h14-15,23,30,32H,4-13,16-18H2,1-3H3,(H,31,33)(H,34,38)/t23-,28?,29?/m0/s1. The predicted octanol–water partition coefficient (Wildman–Crippen LogP) is 2.69. The van der Waals surface area contributed by atoms with E-state index in [9.17, 15) is 4.79 Å². The van der Waals surface area contributed by atoms with Crippen molar-refractivity contribution in [1.82, 2.24) is 25.4 Å². The Balaban J connectivity index is 1.15. The summed E-state index contributed by atoms with van der Waals surface area (Å²) in [6.07, 6.45) is 8.88. The number of hydrogen-bond donors (Lipinski definition) is 4. The predicted molar refractivity (Wildman–Crippen MR) is 152 cm³/mol. The second-order valence-corrected chi connectivity index (χ2v) is 12.1. The zero-order chi connectivity index (χ0) is 27.2. The molecule has 10 heteroatoms. The number of pyridine rings is 1. The van der Waals surface area contributed by atoms with Crippen LogP contribution in [0.25, 0.3) is 0 Å². The fourth-order valence-corrected chi connectivity index (χ4v) is 7.35. The van der Waals surface area contributed by atoms with Crippen LogP contribution in [0, 0.1) is 24.7 Å². The van der Waals surface area contributed by atoms with E-state index >= 15 is 0 Å². The van der Waals surface area contributed by atoms with Crippen molar-refractivity contribution >= 4 is 23.6 Å². The minimum atomic E-state index is -0.226. The molecule has 2 aromatic rings. The molecule has 1 atom stereocenters. The zero-order valence-electron chi connectivity index (χ0n) is 23.5. The van der Waals surface area contributed by atoms with Crippen molar-refractivity contribution in [3.8, 4) is 0 Å². The van der Waals surface area contributed by atoms with Crippen LogP contribution in [-0.4, -0.2) is 71.8 Å². The number of ether oxygens (including phenoxy) is 1. The lowest BCUT2D eigenvalue weighted by atomic mass is 9.57. The first-order valence-electron chi connectivity index (χ1n) is 14.5. The van der Waals surface area contributed by atoms with Crippen LogP contribution in [0.4, 0.5) is 11.5 Å². The molecule has 2 aliphatic heterocycles. The maximum absolute atomic E-state index is 12.9. The van der Waals surface area contributed by atoms with Crippen LogP contribution in [0.2, 0.25) is 0 Å². The molecule has 3 aliphatic carbocycles. The van der Waals surface area contributed by atoms with Crippen LogP contribution in [0.15, 0.2) is 6.07 Å². The molecule has 0 spiro atoms. The van der Waals surface area contributed by atoms with Crippen molar-refractivity contribution < 1.29 is 9.53 Å². The minimum Gasteiger partial charge on any atom is -0.378 e. The molecule has 39 heavy (non-hydrogen) atoms. The summed E-state index contributed by atoms with van der Waals surface area (Å²) in [5.74, 6) is 0.852. The lowest BCUT2D eigenvalue weighted by Gasteiger charge is -2.54. The number of hydrogen-bond acceptors (Lipinski definition) is 8. The highest BCUT2D eigenvalue weighted by Crippen LogP contribution is 2.53. The van der Waals surface area contributed by atoms with Crippen molar-refractivity contribution in [3.05, 3.63) is 34.3 Å². The fraction of sp³-hybridized carbons (Fsp3) is 0.655. The summed E-state index contributed by atoms with van der Waals surface area (Å²) >= 11 is 0. The highest BCUT2D eigenvalue weighted by atomic mass is 16.5. The van der Waals surface area contributed by atoms with Crippen molar-refractivity contribution in [2.75, 3.05) is 43.6 Å². The van der Waals surface area contributed by atoms with Gasteiger partial charge in [0.25, 0.3) is 0 Å². The summed E-state index contributed by atoms with van der Waals surface area (Å²) in [6.45, 7) is 8.69. The van der Waals surface area contributed by atoms with Crippen molar-refractivity contribution in [2.24, 2.45) is 5.41 Å². The lowest BCUT2D eigenvalue weighted by molar-refractivity contribution is -0.130. The van der Waals surface area contributed by atoms with Gasteiger partial charge in [-0.3, -0.25) is 9.48 Å². The Morgan fingerprint density at radius 3 is 2.69 bits per heavy atom. The van der Waals surface area contributed by atoms with Crippen molar-refractivity contribution in [2.45, 2.75) is 83.5 Å². The van der Waals surface area contributed by atoms with E-state index in [0.29, 0.717) is 13.2 Å². The van der Waals surface area contributed by atoms with Crippen LogP contribution in [0.1, 0.15) is 66.7 Å². The summed E-state index contributed by atoms with van der Waals surface area (Å²) in [5.41, 5.74) is 6.85. The number of carbonyl (C=O) groups is 1. The first kappa shape index (κ1) is 26.3. The monoisotopic (exact) mass is 534 g/mol. The third kappa shape index (κ3) is 4.82. The molecule has 4 N–H and O–H groups in total. The topological polar surface area (TPSA) is 120 Å². The second kappa shape index (κ2) is 10.2. The SMILES string of the molecule is CNc1nc(C)cc(N2CCc3c(c(C)nn3CC34CCC(NC(=O)[C@@H]5COCCN5)(CC3)CC4)C2)c1C=N. The molecular formula is C29H42N8O2. The molecule has 0 unspecified atom stereocenters. The molecule has 1 amide bonds. The fourth-order valence-electron chi connectivity index (χ4n) is 7.35. The molecule has 4 fully saturated rings. The van der Waals surface area contributed by atoms with E-state index in [-0.39, 0.29) is 22.9 Å². The molecule has 10 nitrogen and oxygen atoms in total. The number of anilines is 2. The first-order chi connectivity index (χ1) is 18.8. The maximum atomic E-state index is 12.9. The highest BCUT2D eigenvalue weighted by Gasteiger charge is 2.50. The van der Waals surface area contributed by atoms with E-state index in [0.717, 1.165) is 99.6 Å². The quantitative estimate of drug-likeness (QED) is 0.403. The molecule has 2 aromatic heterocycles. The van der Waals surface area contributed by atoms with Crippen molar-refractivity contribution in [1.29, 1.82) is 5.41 Å². The van der Waals surface area contributed by atoms with Crippen LogP contribution in [-0.2, 0) is 29.0 Å². The van der Waals surface area contributed by atoms with Crippen molar-refractivity contribution in [3.63, 3.8) is 0 Å². The Morgan fingerprint density at radius 2 is 2.03 bits per heavy atom. The van der Waals surface area contributed by atoms with E-state index < -0.39 is 0 Å². The average Bonchev–Trinajstić information content (AvgIpc) is 3.27. The van der Waals surface area contributed by atoms with Gasteiger partial charge in [0.2, 0.25) is 5.91 Å². The molecule has 2 bridgehead atoms. The van der Waals surface area contributed by atoms with Gasteiger partial charge in [0, 0.05) is 68.4 Å². The molecule has 4 heterocycles. The molecule has 5 aliphatic rings. The molecule has 0 radical (unpaired) electrons. The number of morpholine rings is 1. The highest BCUT2D eigenvalue weighted by molar-refractivity contribution is 5.92. The second-order valence-electron chi connectivity index (χ2n) is 12.1. The van der Waals surface area contributed by atoms with Crippen LogP contribution >= 0.6 is 0 Å². The number of carbonyl (C=O) groups excluding carboxylic acids is 1. The lowest BCUT2D eigenvalue weighted by Crippen LogP contribution is -2.62. The van der Waals surface area contributed by atoms with Gasteiger partial charge in [-0.1, -0.05) is 0 Å². The maximum Gasteiger partial charge on any atom is 0.239 e. The third-order valence-corrected chi connectivity index (χ3v) is 9.73. The van der Waals surface area contributed by atoms with Gasteiger partial charge in [-0.05, 0) is 63.9 Å². The largest absolute Gasteiger partial charge is 0.378 e. The Morgan fingerprint density at radius 1 is 1.26 bits per heavy atom. The number of rotatable bonds is 7. The number of fused-ring (bicyclic) bond motifs is 4. The van der Waals surface area contributed by atoms with Crippen LogP contribution < -0.4 is 20.9 Å². The summed E-state index contributed by atoms with van der Waals surface area (Å²) < 4.78 is 7.82. The summed E-state index contributed by atoms with van der Waals surface area (Å²) in [5, 5.41) is 23.0. The van der Waals surface area contributed by atoms with Gasteiger partial charge in [-0.15, -0.1) is 0 Å². The van der Waals surface area contributed by atoms with E-state index in [1.54, 1.807) is 0 Å². The Kier molecular flexibility index (Phi) is 6.87. The molecule has 210 valence electrons. The first-order valence-corrected chi connectivity index (χ1v) is 14.5. The van der Waals surface area contributed by atoms with E-state index in [2.05, 4.69) is 43.5 Å². The number of aromatic nitrogens is 3. The van der Waals surface area contributed by atoms with Crippen LogP contribution in [0.3, 0.4) is 0 Å². The van der Waals surface area contributed by atoms with Gasteiger partial charge in [-0.25, -0.2) is 4.98 Å². The Hall–Kier alpha value is -2.98. The van der Waals surface area contributed by atoms with Crippen LogP contribution in [0.5, 0.6) is 0 Å². The summed E-state index contributed by atoms with van der Waals surface area (Å²) in [7, 11) is 1.86. The summed E-state index contributed by atoms with van der Waals surface area (Å²) in [6, 6.07) is 1.87. The molecule has 0 aromatic carbocycles. The molecule has 3 saturated carbocycles. The van der Waals surface area contributed by atoms with Gasteiger partial charge < -0.3 is 31.0 Å². The molecular weight excluding hydrogens is 492 g/mol. The number of amides is 1. The number of aryl methyl sites for hydroxylation is 2. The Labute approximate surface area is 230 Å². The Bertz CT molecular complexity index is 1240. The number of nitrogens with zero attached hydrogens (tertiary/aromatic N) is 4. The van der Waals surface area contributed by atoms with Gasteiger partial charge >= 0.3 is 0 Å². The van der Waals surface area contributed by atoms with E-state index in [4.69, 9.17) is 15.2 Å². The van der Waals surface area contributed by atoms with Gasteiger partial charge in [0.1, 0.15) is 11.9 Å².